The van der Waals surface area contributed by atoms with Crippen LogP contribution >= 0.6 is 0 Å². The Morgan fingerprint density at radius 3 is 2.54 bits per heavy atom. The summed E-state index contributed by atoms with van der Waals surface area (Å²) < 4.78 is 0. The van der Waals surface area contributed by atoms with E-state index in [1.807, 2.05) is 7.05 Å². The molecule has 0 radical (unpaired) electrons. The Morgan fingerprint density at radius 1 is 1.08 bits per heavy atom. The molecule has 0 saturated carbocycles. The second-order valence-electron chi connectivity index (χ2n) is 6.99. The van der Waals surface area contributed by atoms with Gasteiger partial charge in [0.05, 0.1) is 0 Å². The zero-order chi connectivity index (χ0) is 17.2. The van der Waals surface area contributed by atoms with Crippen molar-refractivity contribution in [3.05, 3.63) is 35.4 Å². The number of hydrogen-bond acceptors (Lipinski definition) is 2. The molecule has 0 atom stereocenters. The molecule has 0 spiro atoms. The number of nitrogens with one attached hydrogen (secondary N) is 1. The monoisotopic (exact) mass is 330 g/mol. The summed E-state index contributed by atoms with van der Waals surface area (Å²) in [6.45, 7) is 4.27. The van der Waals surface area contributed by atoms with Gasteiger partial charge in [0.25, 0.3) is 0 Å². The maximum absolute atomic E-state index is 4.48. The summed E-state index contributed by atoms with van der Waals surface area (Å²) in [6.07, 6.45) is 7.64. The lowest BCUT2D eigenvalue weighted by Crippen LogP contribution is -2.44. The molecular formula is C20H34N4. The Morgan fingerprint density at radius 2 is 1.79 bits per heavy atom. The van der Waals surface area contributed by atoms with Gasteiger partial charge in [-0.05, 0) is 51.0 Å². The van der Waals surface area contributed by atoms with Crippen LogP contribution in [-0.4, -0.2) is 56.5 Å². The van der Waals surface area contributed by atoms with Gasteiger partial charge < -0.3 is 15.1 Å². The van der Waals surface area contributed by atoms with Crippen LogP contribution in [0.2, 0.25) is 0 Å². The van der Waals surface area contributed by atoms with Gasteiger partial charge >= 0.3 is 0 Å². The number of guanidine groups is 1. The van der Waals surface area contributed by atoms with Crippen LogP contribution in [0.4, 0.5) is 0 Å². The molecule has 134 valence electrons. The number of unbranched alkanes of at least 4 members (excludes halogenated alkanes) is 4. The van der Waals surface area contributed by atoms with Gasteiger partial charge in [0.15, 0.2) is 5.96 Å². The summed E-state index contributed by atoms with van der Waals surface area (Å²) in [5, 5.41) is 3.55. The van der Waals surface area contributed by atoms with E-state index in [1.165, 1.54) is 49.8 Å². The van der Waals surface area contributed by atoms with Crippen molar-refractivity contribution in [2.75, 3.05) is 40.8 Å². The van der Waals surface area contributed by atoms with Crippen molar-refractivity contribution < 1.29 is 0 Å². The highest BCUT2D eigenvalue weighted by Crippen LogP contribution is 2.18. The van der Waals surface area contributed by atoms with Crippen molar-refractivity contribution in [2.45, 2.75) is 45.1 Å². The predicted molar refractivity (Wildman–Crippen MR) is 104 cm³/mol. The highest BCUT2D eigenvalue weighted by Gasteiger charge is 2.18. The molecule has 1 aromatic rings. The number of rotatable bonds is 8. The molecule has 2 rings (SSSR count). The van der Waals surface area contributed by atoms with Crippen molar-refractivity contribution >= 4 is 5.96 Å². The first-order chi connectivity index (χ1) is 11.7. The van der Waals surface area contributed by atoms with Gasteiger partial charge in [-0.3, -0.25) is 4.99 Å². The number of fused-ring (bicyclic) bond motifs is 1. The molecule has 0 unspecified atom stereocenters. The third-order valence-corrected chi connectivity index (χ3v) is 4.71. The van der Waals surface area contributed by atoms with Gasteiger partial charge in [-0.15, -0.1) is 0 Å². The molecule has 1 heterocycles. The third-order valence-electron chi connectivity index (χ3n) is 4.71. The number of hydrogen-bond donors (Lipinski definition) is 1. The van der Waals surface area contributed by atoms with E-state index in [2.05, 4.69) is 58.5 Å². The molecule has 1 aliphatic rings. The molecular weight excluding hydrogens is 296 g/mol. The van der Waals surface area contributed by atoms with E-state index in [0.717, 1.165) is 32.0 Å². The molecule has 24 heavy (non-hydrogen) atoms. The smallest absolute Gasteiger partial charge is 0.193 e. The molecule has 1 aliphatic heterocycles. The van der Waals surface area contributed by atoms with Crippen LogP contribution in [0.1, 0.15) is 43.2 Å². The number of benzene rings is 1. The van der Waals surface area contributed by atoms with Gasteiger partial charge in [-0.25, -0.2) is 0 Å². The number of nitrogens with zero attached hydrogens (tertiary/aromatic N) is 3. The Bertz CT molecular complexity index is 510. The fourth-order valence-corrected chi connectivity index (χ4v) is 3.29. The van der Waals surface area contributed by atoms with Gasteiger partial charge in [0.1, 0.15) is 0 Å². The Hall–Kier alpha value is -1.55. The maximum Gasteiger partial charge on any atom is 0.193 e. The fourth-order valence-electron chi connectivity index (χ4n) is 3.29. The number of aliphatic imine (C=N–C) groups is 1. The fraction of sp³-hybridized carbons (Fsp3) is 0.650. The van der Waals surface area contributed by atoms with E-state index in [9.17, 15) is 0 Å². The third kappa shape index (κ3) is 6.16. The second-order valence-corrected chi connectivity index (χ2v) is 6.99. The van der Waals surface area contributed by atoms with Gasteiger partial charge in [-0.2, -0.15) is 0 Å². The summed E-state index contributed by atoms with van der Waals surface area (Å²) in [5.41, 5.74) is 2.93. The van der Waals surface area contributed by atoms with Crippen LogP contribution in [0.25, 0.3) is 0 Å². The van der Waals surface area contributed by atoms with Crippen molar-refractivity contribution in [3.8, 4) is 0 Å². The first-order valence-electron chi connectivity index (χ1n) is 9.38. The van der Waals surface area contributed by atoms with Crippen molar-refractivity contribution in [1.29, 1.82) is 0 Å². The summed E-state index contributed by atoms with van der Waals surface area (Å²) in [6, 6.07) is 8.76. The van der Waals surface area contributed by atoms with E-state index in [0.29, 0.717) is 0 Å². The van der Waals surface area contributed by atoms with Crippen molar-refractivity contribution in [1.82, 2.24) is 15.1 Å². The molecule has 0 fully saturated rings. The minimum Gasteiger partial charge on any atom is -0.356 e. The Balaban J connectivity index is 1.63. The van der Waals surface area contributed by atoms with Gasteiger partial charge in [0, 0.05) is 26.7 Å². The minimum atomic E-state index is 0.973. The van der Waals surface area contributed by atoms with E-state index >= 15 is 0 Å². The molecule has 0 aliphatic carbocycles. The molecule has 0 saturated heterocycles. The summed E-state index contributed by atoms with van der Waals surface area (Å²) >= 11 is 0. The lowest BCUT2D eigenvalue weighted by molar-refractivity contribution is 0.377. The van der Waals surface area contributed by atoms with Crippen LogP contribution in [0.5, 0.6) is 0 Å². The van der Waals surface area contributed by atoms with Crippen molar-refractivity contribution in [3.63, 3.8) is 0 Å². The summed E-state index contributed by atoms with van der Waals surface area (Å²) in [7, 11) is 6.19. The quantitative estimate of drug-likeness (QED) is 0.451. The topological polar surface area (TPSA) is 30.9 Å². The van der Waals surface area contributed by atoms with Crippen LogP contribution in [-0.2, 0) is 13.0 Å². The first-order valence-corrected chi connectivity index (χ1v) is 9.38. The average Bonchev–Trinajstić information content (AvgIpc) is 2.60. The molecule has 1 aromatic carbocycles. The van der Waals surface area contributed by atoms with Gasteiger partial charge in [-0.1, -0.05) is 43.5 Å². The highest BCUT2D eigenvalue weighted by atomic mass is 15.3. The van der Waals surface area contributed by atoms with Crippen LogP contribution in [0.3, 0.4) is 0 Å². The highest BCUT2D eigenvalue weighted by molar-refractivity contribution is 5.80. The minimum absolute atomic E-state index is 0.973. The zero-order valence-corrected chi connectivity index (χ0v) is 15.7. The zero-order valence-electron chi connectivity index (χ0n) is 15.7. The molecule has 4 heteroatoms. The summed E-state index contributed by atoms with van der Waals surface area (Å²) in [5.74, 6) is 1.05. The van der Waals surface area contributed by atoms with E-state index in [1.54, 1.807) is 0 Å². The second kappa shape index (κ2) is 10.3. The first kappa shape index (κ1) is 18.8. The Labute approximate surface area is 147 Å². The molecule has 0 aromatic heterocycles. The average molecular weight is 331 g/mol. The summed E-state index contributed by atoms with van der Waals surface area (Å²) in [4.78, 5) is 9.12. The van der Waals surface area contributed by atoms with E-state index in [-0.39, 0.29) is 0 Å². The Kier molecular flexibility index (Phi) is 8.10. The normalized spacial score (nSPS) is 14.8. The predicted octanol–water partition coefficient (Wildman–Crippen LogP) is 3.13. The molecule has 0 amide bonds. The van der Waals surface area contributed by atoms with Crippen LogP contribution < -0.4 is 5.32 Å². The van der Waals surface area contributed by atoms with E-state index < -0.39 is 0 Å². The van der Waals surface area contributed by atoms with Crippen molar-refractivity contribution in [2.24, 2.45) is 4.99 Å². The largest absolute Gasteiger partial charge is 0.356 e. The lowest BCUT2D eigenvalue weighted by atomic mass is 10.0. The van der Waals surface area contributed by atoms with E-state index in [4.69, 9.17) is 0 Å². The van der Waals surface area contributed by atoms with Crippen LogP contribution in [0.15, 0.2) is 29.3 Å². The van der Waals surface area contributed by atoms with Gasteiger partial charge in [0.2, 0.25) is 0 Å². The molecule has 1 N–H and O–H groups in total. The standard InChI is InChI=1S/C20H34N4/c1-21-20(22-14-9-5-4-6-10-15-23(2)3)24-16-13-18-11-7-8-12-19(18)17-24/h7-8,11-12H,4-6,9-10,13-17H2,1-3H3,(H,21,22). The van der Waals surface area contributed by atoms with Crippen LogP contribution in [0, 0.1) is 0 Å². The SMILES string of the molecule is CN=C(NCCCCCCCN(C)C)N1CCc2ccccc2C1. The maximum atomic E-state index is 4.48. The molecule has 4 nitrogen and oxygen atoms in total. The molecule has 0 bridgehead atoms. The lowest BCUT2D eigenvalue weighted by Gasteiger charge is -2.31.